The highest BCUT2D eigenvalue weighted by Gasteiger charge is 2.13. The number of carboxylic acids is 4. The molecule has 0 saturated heterocycles. The van der Waals surface area contributed by atoms with E-state index in [9.17, 15) is 24.0 Å². The normalized spacial score (nSPS) is 13.2. The minimum atomic E-state index is -1.21. The molecule has 0 aliphatic heterocycles. The summed E-state index contributed by atoms with van der Waals surface area (Å²) < 4.78 is 0. The molecule has 0 rings (SSSR count). The molecule has 0 unspecified atom stereocenters. The fourth-order valence-electron chi connectivity index (χ4n) is 0.538. The van der Waals surface area contributed by atoms with Gasteiger partial charge in [-0.3, -0.25) is 24.0 Å². The van der Waals surface area contributed by atoms with Crippen LogP contribution in [0.5, 0.6) is 0 Å². The van der Waals surface area contributed by atoms with E-state index in [4.69, 9.17) is 53.6 Å². The van der Waals surface area contributed by atoms with Crippen molar-refractivity contribution in [2.24, 2.45) is 28.7 Å². The van der Waals surface area contributed by atoms with Crippen molar-refractivity contribution < 1.29 is 54.6 Å². The SMILES string of the molecule is NC(=O)C[C@H](N)C(=O)O.N[C@@H](CO)C(=O)O.N[C@@H](CO)C(=O)O.N[C@@H](CS)C(=O)O. The number of carbonyl (C=O) groups is 5. The molecule has 178 valence electrons. The van der Waals surface area contributed by atoms with E-state index in [0.717, 1.165) is 0 Å². The number of primary amides is 1. The third kappa shape index (κ3) is 27.7. The Morgan fingerprint density at radius 1 is 0.633 bits per heavy atom. The number of nitrogens with two attached hydrogens (primary N) is 5. The van der Waals surface area contributed by atoms with Gasteiger partial charge in [0, 0.05) is 5.75 Å². The maximum Gasteiger partial charge on any atom is 0.322 e. The van der Waals surface area contributed by atoms with E-state index < -0.39 is 67.2 Å². The van der Waals surface area contributed by atoms with Crippen molar-refractivity contribution >= 4 is 42.4 Å². The van der Waals surface area contributed by atoms with Crippen molar-refractivity contribution in [3.63, 3.8) is 0 Å². The molecule has 0 aromatic carbocycles. The quantitative estimate of drug-likeness (QED) is 0.142. The average molecular weight is 463 g/mol. The lowest BCUT2D eigenvalue weighted by Gasteiger charge is -1.99. The van der Waals surface area contributed by atoms with Gasteiger partial charge in [-0.25, -0.2) is 0 Å². The largest absolute Gasteiger partial charge is 0.480 e. The first-order valence-electron chi connectivity index (χ1n) is 7.63. The smallest absolute Gasteiger partial charge is 0.322 e. The van der Waals surface area contributed by atoms with Gasteiger partial charge >= 0.3 is 23.9 Å². The molecule has 0 bridgehead atoms. The Morgan fingerprint density at radius 2 is 0.900 bits per heavy atom. The Balaban J connectivity index is -0.000000151. The number of aliphatic hydroxyl groups excluding tert-OH is 2. The van der Waals surface area contributed by atoms with Crippen LogP contribution >= 0.6 is 12.6 Å². The molecular formula is C13H29N5O11S. The maximum atomic E-state index is 9.99. The van der Waals surface area contributed by atoms with Gasteiger partial charge in [-0.15, -0.1) is 0 Å². The van der Waals surface area contributed by atoms with Crippen LogP contribution in [0.1, 0.15) is 6.42 Å². The molecule has 1 amide bonds. The number of hydrogen-bond acceptors (Lipinski definition) is 12. The van der Waals surface area contributed by atoms with Crippen molar-refractivity contribution in [3.8, 4) is 0 Å². The molecule has 16 nitrogen and oxygen atoms in total. The van der Waals surface area contributed by atoms with Crippen LogP contribution in [0.4, 0.5) is 0 Å². The second-order valence-corrected chi connectivity index (χ2v) is 5.36. The average Bonchev–Trinajstić information content (AvgIpc) is 2.66. The first-order valence-corrected chi connectivity index (χ1v) is 8.26. The standard InChI is InChI=1S/C4H8N2O3.2C3H7NO3.C3H7NO2S/c5-2(4(8)9)1-3(6)7;2*4-2(1-5)3(6)7;4-2(1-7)3(5)6/h2H,1,5H2,(H2,6,7)(H,8,9);2*2,5H,1,4H2,(H,6,7);2,7H,1,4H2,(H,5,6)/t4*2-/m0000/s1. The highest BCUT2D eigenvalue weighted by Crippen LogP contribution is 1.84. The summed E-state index contributed by atoms with van der Waals surface area (Å²) >= 11 is 3.65. The van der Waals surface area contributed by atoms with Crippen LogP contribution in [0.25, 0.3) is 0 Å². The molecule has 17 heteroatoms. The second-order valence-electron chi connectivity index (χ2n) is 5.00. The van der Waals surface area contributed by atoms with Crippen LogP contribution < -0.4 is 28.7 Å². The van der Waals surface area contributed by atoms with Crippen LogP contribution in [-0.4, -0.2) is 104 Å². The summed E-state index contributed by atoms with van der Waals surface area (Å²) in [7, 11) is 0. The second kappa shape index (κ2) is 21.2. The first-order chi connectivity index (χ1) is 13.6. The molecule has 0 aromatic rings. The Hall–Kier alpha value is -2.54. The minimum absolute atomic E-state index is 0.190. The van der Waals surface area contributed by atoms with Crippen LogP contribution in [0.3, 0.4) is 0 Å². The number of amides is 1. The van der Waals surface area contributed by atoms with E-state index in [1.807, 2.05) is 0 Å². The van der Waals surface area contributed by atoms with Crippen molar-refractivity contribution in [1.82, 2.24) is 0 Å². The Labute approximate surface area is 176 Å². The summed E-state index contributed by atoms with van der Waals surface area (Å²) in [6.07, 6.45) is -0.310. The van der Waals surface area contributed by atoms with Crippen molar-refractivity contribution in [2.45, 2.75) is 30.6 Å². The summed E-state index contributed by atoms with van der Waals surface area (Å²) in [4.78, 5) is 48.9. The van der Waals surface area contributed by atoms with Crippen LogP contribution in [0, 0.1) is 0 Å². The molecule has 0 aromatic heterocycles. The lowest BCUT2D eigenvalue weighted by molar-refractivity contribution is -0.140. The zero-order valence-corrected chi connectivity index (χ0v) is 16.6. The Morgan fingerprint density at radius 3 is 0.933 bits per heavy atom. The fraction of sp³-hybridized carbons (Fsp3) is 0.615. The highest BCUT2D eigenvalue weighted by molar-refractivity contribution is 7.80. The number of carboxylic acid groups (broad SMARTS) is 4. The molecule has 0 spiro atoms. The van der Waals surface area contributed by atoms with E-state index in [2.05, 4.69) is 18.4 Å². The molecule has 0 fully saturated rings. The number of hydrogen-bond donors (Lipinski definition) is 12. The number of carbonyl (C=O) groups excluding carboxylic acids is 1. The van der Waals surface area contributed by atoms with Gasteiger partial charge in [0.15, 0.2) is 0 Å². The minimum Gasteiger partial charge on any atom is -0.480 e. The van der Waals surface area contributed by atoms with Gasteiger partial charge in [0.2, 0.25) is 5.91 Å². The van der Waals surface area contributed by atoms with Gasteiger partial charge < -0.3 is 59.3 Å². The molecule has 0 aliphatic carbocycles. The van der Waals surface area contributed by atoms with Crippen molar-refractivity contribution in [3.05, 3.63) is 0 Å². The molecular weight excluding hydrogens is 434 g/mol. The third-order valence-corrected chi connectivity index (χ3v) is 2.67. The number of aliphatic hydroxyl groups is 2. The van der Waals surface area contributed by atoms with Crippen molar-refractivity contribution in [1.29, 1.82) is 0 Å². The van der Waals surface area contributed by atoms with E-state index >= 15 is 0 Å². The van der Waals surface area contributed by atoms with Crippen LogP contribution in [0.15, 0.2) is 0 Å². The topological polar surface area (TPSA) is 337 Å². The maximum absolute atomic E-state index is 9.99. The molecule has 16 N–H and O–H groups in total. The van der Waals surface area contributed by atoms with Crippen molar-refractivity contribution in [2.75, 3.05) is 19.0 Å². The lowest BCUT2D eigenvalue weighted by atomic mass is 10.2. The van der Waals surface area contributed by atoms with Gasteiger partial charge in [0.25, 0.3) is 0 Å². The van der Waals surface area contributed by atoms with Crippen LogP contribution in [0.2, 0.25) is 0 Å². The summed E-state index contributed by atoms with van der Waals surface area (Å²) in [6.45, 7) is -1.01. The third-order valence-electron chi connectivity index (χ3n) is 2.28. The zero-order valence-electron chi connectivity index (χ0n) is 15.7. The molecule has 0 saturated carbocycles. The predicted octanol–water partition coefficient (Wildman–Crippen LogP) is -5.62. The van der Waals surface area contributed by atoms with Gasteiger partial charge in [-0.1, -0.05) is 0 Å². The summed E-state index contributed by atoms with van der Waals surface area (Å²) in [5.74, 6) is -5.09. The van der Waals surface area contributed by atoms with E-state index in [0.29, 0.717) is 0 Å². The zero-order chi connectivity index (χ0) is 25.0. The molecule has 4 atom stereocenters. The highest BCUT2D eigenvalue weighted by atomic mass is 32.1. The number of rotatable bonds is 9. The molecule has 30 heavy (non-hydrogen) atoms. The molecule has 0 aliphatic rings. The number of aliphatic carboxylic acids is 4. The van der Waals surface area contributed by atoms with Gasteiger partial charge in [-0.05, 0) is 0 Å². The number of thiol groups is 1. The first kappa shape index (κ1) is 34.9. The van der Waals surface area contributed by atoms with E-state index in [-0.39, 0.29) is 12.2 Å². The summed E-state index contributed by atoms with van der Waals surface area (Å²) in [5.41, 5.74) is 24.0. The van der Waals surface area contributed by atoms with Gasteiger partial charge in [-0.2, -0.15) is 12.6 Å². The summed E-state index contributed by atoms with van der Waals surface area (Å²) in [6, 6.07) is -4.23. The monoisotopic (exact) mass is 463 g/mol. The molecule has 0 radical (unpaired) electrons. The molecule has 0 heterocycles. The van der Waals surface area contributed by atoms with Gasteiger partial charge in [0.1, 0.15) is 24.2 Å². The van der Waals surface area contributed by atoms with E-state index in [1.54, 1.807) is 0 Å². The van der Waals surface area contributed by atoms with E-state index in [1.165, 1.54) is 0 Å². The van der Waals surface area contributed by atoms with Gasteiger partial charge in [0.05, 0.1) is 19.6 Å². The fourth-order valence-corrected chi connectivity index (χ4v) is 0.695. The summed E-state index contributed by atoms with van der Waals surface area (Å²) in [5, 5.41) is 47.9. The Bertz CT molecular complexity index is 490. The lowest BCUT2D eigenvalue weighted by Crippen LogP contribution is -2.34. The van der Waals surface area contributed by atoms with Crippen LogP contribution in [-0.2, 0) is 24.0 Å². The predicted molar refractivity (Wildman–Crippen MR) is 104 cm³/mol. The Kier molecular flexibility index (Phi) is 24.7.